The molecule has 3 N–H and O–H groups in total. The van der Waals surface area contributed by atoms with Crippen molar-refractivity contribution in [3.63, 3.8) is 0 Å². The second-order valence-electron chi connectivity index (χ2n) is 7.18. The molecule has 0 spiro atoms. The summed E-state index contributed by atoms with van der Waals surface area (Å²) in [5.41, 5.74) is -1.77. The summed E-state index contributed by atoms with van der Waals surface area (Å²) in [7, 11) is 0. The van der Waals surface area contributed by atoms with Gasteiger partial charge in [0.1, 0.15) is 5.84 Å². The monoisotopic (exact) mass is 447 g/mol. The molecule has 0 radical (unpaired) electrons. The maximum Gasteiger partial charge on any atom is 0.417 e. The van der Waals surface area contributed by atoms with E-state index in [4.69, 9.17) is 28.0 Å². The maximum atomic E-state index is 13.4. The number of carbonyl (C=O) groups is 1. The SMILES string of the molecule is CC1(C)C(=N)N(c2ccc(C#N)c(C(F)(F)F)c2)C(=S)N1c1ccc(NC(=O)O)cc1. The minimum Gasteiger partial charge on any atom is -0.465 e. The van der Waals surface area contributed by atoms with Crippen LogP contribution in [0.2, 0.25) is 0 Å². The fourth-order valence-corrected chi connectivity index (χ4v) is 3.84. The van der Waals surface area contributed by atoms with Crippen LogP contribution >= 0.6 is 12.2 Å². The third kappa shape index (κ3) is 3.89. The lowest BCUT2D eigenvalue weighted by atomic mass is 10.0. The summed E-state index contributed by atoms with van der Waals surface area (Å²) in [6, 6.07) is 10.9. The van der Waals surface area contributed by atoms with Gasteiger partial charge < -0.3 is 10.0 Å². The molecule has 11 heteroatoms. The molecule has 1 amide bonds. The number of carboxylic acid groups (broad SMARTS) is 1. The van der Waals surface area contributed by atoms with Gasteiger partial charge in [-0.15, -0.1) is 0 Å². The highest BCUT2D eigenvalue weighted by atomic mass is 32.1. The topological polar surface area (TPSA) is 103 Å². The van der Waals surface area contributed by atoms with Gasteiger partial charge in [0.25, 0.3) is 0 Å². The van der Waals surface area contributed by atoms with Crippen LogP contribution in [-0.2, 0) is 6.18 Å². The summed E-state index contributed by atoms with van der Waals surface area (Å²) in [5.74, 6) is -0.0527. The van der Waals surface area contributed by atoms with Crippen molar-refractivity contribution < 1.29 is 23.1 Å². The number of rotatable bonds is 3. The van der Waals surface area contributed by atoms with Crippen molar-refractivity contribution in [3.05, 3.63) is 53.6 Å². The summed E-state index contributed by atoms with van der Waals surface area (Å²) < 4.78 is 40.2. The van der Waals surface area contributed by atoms with E-state index >= 15 is 0 Å². The summed E-state index contributed by atoms with van der Waals surface area (Å²) in [6.45, 7) is 3.39. The molecule has 1 saturated heterocycles. The number of alkyl halides is 3. The van der Waals surface area contributed by atoms with E-state index < -0.39 is 28.9 Å². The van der Waals surface area contributed by atoms with Crippen LogP contribution in [0.1, 0.15) is 25.0 Å². The number of hydrogen-bond acceptors (Lipinski definition) is 4. The minimum absolute atomic E-state index is 0.0149. The fraction of sp³-hybridized carbons (Fsp3) is 0.200. The Morgan fingerprint density at radius 1 is 1.19 bits per heavy atom. The van der Waals surface area contributed by atoms with Gasteiger partial charge in [0, 0.05) is 11.4 Å². The first-order valence-electron chi connectivity index (χ1n) is 8.82. The Hall–Kier alpha value is -3.65. The zero-order chi connectivity index (χ0) is 23.1. The van der Waals surface area contributed by atoms with Crippen molar-refractivity contribution >= 4 is 46.3 Å². The van der Waals surface area contributed by atoms with E-state index in [-0.39, 0.29) is 16.6 Å². The van der Waals surface area contributed by atoms with E-state index in [2.05, 4.69) is 5.32 Å². The number of halogens is 3. The molecule has 0 atom stereocenters. The van der Waals surface area contributed by atoms with Crippen molar-refractivity contribution in [2.45, 2.75) is 25.6 Å². The minimum atomic E-state index is -4.74. The first kappa shape index (κ1) is 22.0. The van der Waals surface area contributed by atoms with Crippen molar-refractivity contribution in [2.24, 2.45) is 0 Å². The molecule has 0 unspecified atom stereocenters. The number of amidine groups is 1. The largest absolute Gasteiger partial charge is 0.465 e. The number of anilines is 3. The molecule has 0 bridgehead atoms. The molecule has 0 aliphatic carbocycles. The smallest absolute Gasteiger partial charge is 0.417 e. The molecule has 2 aromatic carbocycles. The molecule has 1 aliphatic rings. The first-order valence-corrected chi connectivity index (χ1v) is 9.23. The van der Waals surface area contributed by atoms with Gasteiger partial charge in [-0.3, -0.25) is 15.6 Å². The van der Waals surface area contributed by atoms with Gasteiger partial charge in [-0.25, -0.2) is 4.79 Å². The lowest BCUT2D eigenvalue weighted by molar-refractivity contribution is -0.137. The predicted molar refractivity (Wildman–Crippen MR) is 114 cm³/mol. The zero-order valence-corrected chi connectivity index (χ0v) is 17.1. The first-order chi connectivity index (χ1) is 14.4. The van der Waals surface area contributed by atoms with E-state index in [9.17, 15) is 18.0 Å². The average molecular weight is 447 g/mol. The van der Waals surface area contributed by atoms with E-state index in [1.165, 1.54) is 29.2 Å². The van der Waals surface area contributed by atoms with E-state index in [1.54, 1.807) is 30.9 Å². The quantitative estimate of drug-likeness (QED) is 0.570. The van der Waals surface area contributed by atoms with Crippen LogP contribution in [0.5, 0.6) is 0 Å². The Morgan fingerprint density at radius 3 is 2.29 bits per heavy atom. The van der Waals surface area contributed by atoms with Crippen LogP contribution in [-0.4, -0.2) is 27.7 Å². The van der Waals surface area contributed by atoms with Crippen LogP contribution in [0, 0.1) is 16.7 Å². The predicted octanol–water partition coefficient (Wildman–Crippen LogP) is 5.03. The normalized spacial score (nSPS) is 15.7. The highest BCUT2D eigenvalue weighted by Gasteiger charge is 2.48. The summed E-state index contributed by atoms with van der Waals surface area (Å²) in [5, 5.41) is 28.7. The second kappa shape index (κ2) is 7.55. The number of benzene rings is 2. The summed E-state index contributed by atoms with van der Waals surface area (Å²) in [6.07, 6.45) is -5.97. The Labute approximate surface area is 180 Å². The highest BCUT2D eigenvalue weighted by Crippen LogP contribution is 2.39. The van der Waals surface area contributed by atoms with E-state index in [0.717, 1.165) is 12.1 Å². The third-order valence-electron chi connectivity index (χ3n) is 4.81. The number of nitrogens with one attached hydrogen (secondary N) is 2. The lowest BCUT2D eigenvalue weighted by Crippen LogP contribution is -2.44. The lowest BCUT2D eigenvalue weighted by Gasteiger charge is -2.30. The van der Waals surface area contributed by atoms with Crippen molar-refractivity contribution in [2.75, 3.05) is 15.1 Å². The molecule has 1 heterocycles. The number of nitriles is 1. The molecule has 0 aromatic heterocycles. The van der Waals surface area contributed by atoms with Gasteiger partial charge in [-0.2, -0.15) is 18.4 Å². The van der Waals surface area contributed by atoms with Crippen LogP contribution in [0.3, 0.4) is 0 Å². The number of amides is 1. The molecule has 2 aromatic rings. The van der Waals surface area contributed by atoms with Crippen LogP contribution < -0.4 is 15.1 Å². The number of thiocarbonyl (C=S) groups is 1. The molecule has 0 saturated carbocycles. The van der Waals surface area contributed by atoms with Gasteiger partial charge in [0.05, 0.1) is 28.4 Å². The van der Waals surface area contributed by atoms with Gasteiger partial charge in [-0.05, 0) is 68.5 Å². The zero-order valence-electron chi connectivity index (χ0n) is 16.3. The van der Waals surface area contributed by atoms with Crippen molar-refractivity contribution in [1.82, 2.24) is 0 Å². The average Bonchev–Trinajstić information content (AvgIpc) is 2.85. The molecule has 7 nitrogen and oxygen atoms in total. The summed E-state index contributed by atoms with van der Waals surface area (Å²) in [4.78, 5) is 13.6. The standard InChI is InChI=1S/C20H16F3N5O2S/c1-19(2)16(25)27(14-6-3-11(10-24)15(9-14)20(21,22)23)18(31)28(19)13-7-4-12(5-8-13)26-17(29)30/h3-9,25-26H,1-2H3,(H,29,30). The Morgan fingerprint density at radius 2 is 1.77 bits per heavy atom. The molecule has 1 aliphatic heterocycles. The molecule has 31 heavy (non-hydrogen) atoms. The van der Waals surface area contributed by atoms with Crippen molar-refractivity contribution in [3.8, 4) is 6.07 Å². The molecular formula is C20H16F3N5O2S. The molecule has 1 fully saturated rings. The van der Waals surface area contributed by atoms with Gasteiger partial charge in [0.2, 0.25) is 0 Å². The Bertz CT molecular complexity index is 1120. The highest BCUT2D eigenvalue weighted by molar-refractivity contribution is 7.81. The van der Waals surface area contributed by atoms with Crippen molar-refractivity contribution in [1.29, 1.82) is 10.7 Å². The Kier molecular flexibility index (Phi) is 5.37. The van der Waals surface area contributed by atoms with Crippen LogP contribution in [0.25, 0.3) is 0 Å². The molecule has 160 valence electrons. The fourth-order valence-electron chi connectivity index (χ4n) is 3.31. The van der Waals surface area contributed by atoms with Gasteiger partial charge in [0.15, 0.2) is 5.11 Å². The third-order valence-corrected chi connectivity index (χ3v) is 5.17. The Balaban J connectivity index is 2.04. The van der Waals surface area contributed by atoms with Gasteiger partial charge >= 0.3 is 12.3 Å². The maximum absolute atomic E-state index is 13.4. The summed E-state index contributed by atoms with van der Waals surface area (Å²) >= 11 is 5.51. The molecular weight excluding hydrogens is 431 g/mol. The van der Waals surface area contributed by atoms with E-state index in [0.29, 0.717) is 11.4 Å². The second-order valence-corrected chi connectivity index (χ2v) is 7.54. The van der Waals surface area contributed by atoms with Crippen LogP contribution in [0.4, 0.5) is 35.0 Å². The van der Waals surface area contributed by atoms with Gasteiger partial charge in [-0.1, -0.05) is 0 Å². The number of hydrogen-bond donors (Lipinski definition) is 3. The van der Waals surface area contributed by atoms with E-state index in [1.807, 2.05) is 0 Å². The number of nitrogens with zero attached hydrogens (tertiary/aromatic N) is 3. The van der Waals surface area contributed by atoms with Crippen LogP contribution in [0.15, 0.2) is 42.5 Å². The molecule has 3 rings (SSSR count).